The van der Waals surface area contributed by atoms with Crippen molar-refractivity contribution in [2.24, 2.45) is 0 Å². The first-order chi connectivity index (χ1) is 11.2. The Bertz CT molecular complexity index is 622. The summed E-state index contributed by atoms with van der Waals surface area (Å²) < 4.78 is 5.57. The normalized spacial score (nSPS) is 16.9. The van der Waals surface area contributed by atoms with Gasteiger partial charge in [-0.2, -0.15) is 0 Å². The fraction of sp³-hybridized carbons (Fsp3) is 0.533. The number of amides is 2. The van der Waals surface area contributed by atoms with Gasteiger partial charge in [0.25, 0.3) is 0 Å². The molecule has 0 aromatic carbocycles. The Kier molecular flexibility index (Phi) is 5.24. The molecule has 3 rings (SSSR count). The van der Waals surface area contributed by atoms with Crippen molar-refractivity contribution in [2.75, 3.05) is 25.0 Å². The van der Waals surface area contributed by atoms with Crippen LogP contribution in [0.1, 0.15) is 36.1 Å². The minimum Gasteiger partial charge on any atom is -0.468 e. The quantitative estimate of drug-likeness (QED) is 0.878. The molecule has 2 N–H and O–H groups in total. The van der Waals surface area contributed by atoms with Crippen LogP contribution in [0.2, 0.25) is 0 Å². The third-order valence-corrected chi connectivity index (χ3v) is 4.66. The number of hydrogen-bond donors (Lipinski definition) is 2. The van der Waals surface area contributed by atoms with Crippen LogP contribution in [0.15, 0.2) is 22.8 Å². The number of nitrogens with zero attached hydrogens (tertiary/aromatic N) is 3. The smallest absolute Gasteiger partial charge is 0.321 e. The van der Waals surface area contributed by atoms with Gasteiger partial charge in [-0.15, -0.1) is 10.2 Å². The van der Waals surface area contributed by atoms with Crippen LogP contribution >= 0.6 is 11.3 Å². The second-order valence-corrected chi connectivity index (χ2v) is 6.77. The number of carbonyl (C=O) groups is 1. The highest BCUT2D eigenvalue weighted by atomic mass is 32.1. The lowest BCUT2D eigenvalue weighted by Crippen LogP contribution is -2.41. The van der Waals surface area contributed by atoms with Gasteiger partial charge >= 0.3 is 6.03 Å². The molecule has 124 valence electrons. The fourth-order valence-electron chi connectivity index (χ4n) is 2.80. The minimum atomic E-state index is -0.269. The summed E-state index contributed by atoms with van der Waals surface area (Å²) in [5.41, 5.74) is 0. The average Bonchev–Trinajstić information content (AvgIpc) is 3.21. The van der Waals surface area contributed by atoms with Crippen LogP contribution in [0.4, 0.5) is 9.93 Å². The van der Waals surface area contributed by atoms with E-state index in [1.807, 2.05) is 19.1 Å². The standard InChI is InChI=1S/C15H21N5O2S/c1-11-18-19-15(23-11)17-14(21)16-10-12(13-6-5-9-22-13)20-7-3-2-4-8-20/h5-6,9,12H,2-4,7-8,10H2,1H3,(H2,16,17,19,21). The molecule has 0 spiro atoms. The maximum atomic E-state index is 12.0. The number of rotatable bonds is 5. The first-order valence-corrected chi connectivity index (χ1v) is 8.66. The Morgan fingerprint density at radius 3 is 2.87 bits per heavy atom. The molecule has 2 aromatic rings. The predicted octanol–water partition coefficient (Wildman–Crippen LogP) is 2.79. The third kappa shape index (κ3) is 4.29. The summed E-state index contributed by atoms with van der Waals surface area (Å²) in [5, 5.41) is 14.7. The Labute approximate surface area is 139 Å². The van der Waals surface area contributed by atoms with E-state index in [9.17, 15) is 4.79 Å². The Hall–Kier alpha value is -1.93. The molecular formula is C15H21N5O2S. The van der Waals surface area contributed by atoms with E-state index in [4.69, 9.17) is 4.42 Å². The molecule has 0 aliphatic carbocycles. The predicted molar refractivity (Wildman–Crippen MR) is 88.5 cm³/mol. The fourth-order valence-corrected chi connectivity index (χ4v) is 3.39. The molecule has 1 atom stereocenters. The Morgan fingerprint density at radius 1 is 1.39 bits per heavy atom. The molecule has 0 radical (unpaired) electrons. The average molecular weight is 335 g/mol. The van der Waals surface area contributed by atoms with E-state index in [1.165, 1.54) is 30.6 Å². The van der Waals surface area contributed by atoms with Gasteiger partial charge in [-0.05, 0) is 45.0 Å². The molecule has 0 bridgehead atoms. The van der Waals surface area contributed by atoms with Crippen molar-refractivity contribution < 1.29 is 9.21 Å². The zero-order valence-corrected chi connectivity index (χ0v) is 13.9. The van der Waals surface area contributed by atoms with Gasteiger partial charge in [0, 0.05) is 6.54 Å². The molecule has 8 heteroatoms. The molecule has 1 aliphatic heterocycles. The van der Waals surface area contributed by atoms with Crippen LogP contribution in [-0.4, -0.2) is 40.8 Å². The van der Waals surface area contributed by atoms with E-state index in [-0.39, 0.29) is 12.1 Å². The van der Waals surface area contributed by atoms with Gasteiger partial charge in [0.2, 0.25) is 5.13 Å². The molecule has 2 aromatic heterocycles. The van der Waals surface area contributed by atoms with Crippen molar-refractivity contribution in [1.82, 2.24) is 20.4 Å². The molecule has 1 fully saturated rings. The molecule has 1 aliphatic rings. The first-order valence-electron chi connectivity index (χ1n) is 7.85. The number of likely N-dealkylation sites (tertiary alicyclic amines) is 1. The van der Waals surface area contributed by atoms with Gasteiger partial charge < -0.3 is 9.73 Å². The lowest BCUT2D eigenvalue weighted by atomic mass is 10.1. The van der Waals surface area contributed by atoms with E-state index in [2.05, 4.69) is 25.7 Å². The minimum absolute atomic E-state index is 0.0622. The van der Waals surface area contributed by atoms with Crippen molar-refractivity contribution in [1.29, 1.82) is 0 Å². The number of hydrogen-bond acceptors (Lipinski definition) is 6. The number of aryl methyl sites for hydroxylation is 1. The number of carbonyl (C=O) groups excluding carboxylic acids is 1. The van der Waals surface area contributed by atoms with Gasteiger partial charge in [-0.3, -0.25) is 10.2 Å². The SMILES string of the molecule is Cc1nnc(NC(=O)NCC(c2ccco2)N2CCCCC2)s1. The number of piperidine rings is 1. The highest BCUT2D eigenvalue weighted by molar-refractivity contribution is 7.15. The number of furan rings is 1. The van der Waals surface area contributed by atoms with Crippen LogP contribution in [0.5, 0.6) is 0 Å². The van der Waals surface area contributed by atoms with E-state index < -0.39 is 0 Å². The lowest BCUT2D eigenvalue weighted by molar-refractivity contribution is 0.144. The number of anilines is 1. The maximum absolute atomic E-state index is 12.0. The lowest BCUT2D eigenvalue weighted by Gasteiger charge is -2.33. The highest BCUT2D eigenvalue weighted by Crippen LogP contribution is 2.24. The molecule has 23 heavy (non-hydrogen) atoms. The van der Waals surface area contributed by atoms with Crippen molar-refractivity contribution in [3.63, 3.8) is 0 Å². The van der Waals surface area contributed by atoms with Crippen molar-refractivity contribution in [2.45, 2.75) is 32.2 Å². The second-order valence-electron chi connectivity index (χ2n) is 5.59. The van der Waals surface area contributed by atoms with Gasteiger partial charge in [-0.25, -0.2) is 4.79 Å². The largest absolute Gasteiger partial charge is 0.468 e. The number of nitrogens with one attached hydrogen (secondary N) is 2. The molecule has 0 saturated carbocycles. The third-order valence-electron chi connectivity index (χ3n) is 3.91. The highest BCUT2D eigenvalue weighted by Gasteiger charge is 2.25. The van der Waals surface area contributed by atoms with Crippen molar-refractivity contribution in [3.8, 4) is 0 Å². The summed E-state index contributed by atoms with van der Waals surface area (Å²) in [7, 11) is 0. The topological polar surface area (TPSA) is 83.3 Å². The zero-order valence-electron chi connectivity index (χ0n) is 13.1. The van der Waals surface area contributed by atoms with E-state index in [0.29, 0.717) is 11.7 Å². The van der Waals surface area contributed by atoms with Crippen LogP contribution in [0.3, 0.4) is 0 Å². The molecule has 1 unspecified atom stereocenters. The van der Waals surface area contributed by atoms with Gasteiger partial charge in [0.1, 0.15) is 10.8 Å². The van der Waals surface area contributed by atoms with Gasteiger partial charge in [-0.1, -0.05) is 17.8 Å². The van der Waals surface area contributed by atoms with E-state index >= 15 is 0 Å². The summed E-state index contributed by atoms with van der Waals surface area (Å²) in [4.78, 5) is 14.4. The Morgan fingerprint density at radius 2 is 2.22 bits per heavy atom. The maximum Gasteiger partial charge on any atom is 0.321 e. The Balaban J connectivity index is 1.58. The van der Waals surface area contributed by atoms with Crippen molar-refractivity contribution in [3.05, 3.63) is 29.2 Å². The van der Waals surface area contributed by atoms with Crippen LogP contribution < -0.4 is 10.6 Å². The summed E-state index contributed by atoms with van der Waals surface area (Å²) in [6.45, 7) is 4.41. The van der Waals surface area contributed by atoms with Crippen LogP contribution in [0, 0.1) is 6.92 Å². The van der Waals surface area contributed by atoms with Crippen molar-refractivity contribution >= 4 is 22.5 Å². The number of urea groups is 1. The molecular weight excluding hydrogens is 314 g/mol. The summed E-state index contributed by atoms with van der Waals surface area (Å²) in [6, 6.07) is 3.64. The molecule has 3 heterocycles. The van der Waals surface area contributed by atoms with Gasteiger partial charge in [0.05, 0.1) is 12.3 Å². The van der Waals surface area contributed by atoms with Gasteiger partial charge in [0.15, 0.2) is 0 Å². The summed E-state index contributed by atoms with van der Waals surface area (Å²) in [5.74, 6) is 0.888. The summed E-state index contributed by atoms with van der Waals surface area (Å²) >= 11 is 1.35. The monoisotopic (exact) mass is 335 g/mol. The van der Waals surface area contributed by atoms with E-state index in [1.54, 1.807) is 6.26 Å². The molecule has 2 amide bonds. The second kappa shape index (κ2) is 7.56. The van der Waals surface area contributed by atoms with Crippen LogP contribution in [0.25, 0.3) is 0 Å². The molecule has 1 saturated heterocycles. The molecule has 7 nitrogen and oxygen atoms in total. The van der Waals surface area contributed by atoms with Crippen LogP contribution in [-0.2, 0) is 0 Å². The van der Waals surface area contributed by atoms with E-state index in [0.717, 1.165) is 23.9 Å². The summed E-state index contributed by atoms with van der Waals surface area (Å²) in [6.07, 6.45) is 5.32. The zero-order chi connectivity index (χ0) is 16.1. The first kappa shape index (κ1) is 15.9. The number of aromatic nitrogens is 2.